The lowest BCUT2D eigenvalue weighted by Crippen LogP contribution is -2.33. The van der Waals surface area contributed by atoms with Crippen LogP contribution in [0.2, 0.25) is 0 Å². The average Bonchev–Trinajstić information content (AvgIpc) is 3.09. The Bertz CT molecular complexity index is 496. The van der Waals surface area contributed by atoms with E-state index < -0.39 is 17.8 Å². The predicted octanol–water partition coefficient (Wildman–Crippen LogP) is 1.37. The van der Waals surface area contributed by atoms with E-state index in [1.807, 2.05) is 19.1 Å². The maximum atomic E-state index is 12.0. The number of ether oxygens (including phenoxy) is 1. The number of amides is 1. The molecule has 0 aromatic carbocycles. The van der Waals surface area contributed by atoms with Crippen LogP contribution in [0.15, 0.2) is 16.5 Å². The number of carbonyl (C=O) groups is 2. The molecule has 1 aromatic heterocycles. The van der Waals surface area contributed by atoms with Gasteiger partial charge in [0.2, 0.25) is 5.91 Å². The summed E-state index contributed by atoms with van der Waals surface area (Å²) in [5.41, 5.74) is 0. The van der Waals surface area contributed by atoms with Crippen LogP contribution in [0.1, 0.15) is 30.9 Å². The molecule has 2 N–H and O–H groups in total. The normalized spacial score (nSPS) is 22.3. The number of aliphatic carboxylic acids is 1. The Labute approximate surface area is 117 Å². The molecule has 6 nitrogen and oxygen atoms in total. The van der Waals surface area contributed by atoms with Gasteiger partial charge in [-0.25, -0.2) is 0 Å². The Balaban J connectivity index is 1.99. The number of nitrogens with one attached hydrogen (secondary N) is 1. The van der Waals surface area contributed by atoms with E-state index in [1.54, 1.807) is 7.11 Å². The number of hydrogen-bond acceptors (Lipinski definition) is 4. The lowest BCUT2D eigenvalue weighted by molar-refractivity contribution is -0.140. The van der Waals surface area contributed by atoms with Crippen LogP contribution in [-0.2, 0) is 20.7 Å². The van der Waals surface area contributed by atoms with Crippen LogP contribution in [0, 0.1) is 11.8 Å². The van der Waals surface area contributed by atoms with Crippen LogP contribution < -0.4 is 5.32 Å². The largest absolute Gasteiger partial charge is 0.481 e. The molecular weight excluding hydrogens is 262 g/mol. The third-order valence-corrected chi connectivity index (χ3v) is 3.47. The molecule has 1 aliphatic carbocycles. The number of furan rings is 1. The van der Waals surface area contributed by atoms with E-state index in [-0.39, 0.29) is 18.6 Å². The van der Waals surface area contributed by atoms with Gasteiger partial charge in [-0.15, -0.1) is 0 Å². The first-order chi connectivity index (χ1) is 9.56. The average molecular weight is 281 g/mol. The van der Waals surface area contributed by atoms with E-state index in [4.69, 9.17) is 14.3 Å². The molecule has 0 bridgehead atoms. The number of rotatable bonds is 7. The number of aryl methyl sites for hydroxylation is 1. The predicted molar refractivity (Wildman–Crippen MR) is 70.1 cm³/mol. The van der Waals surface area contributed by atoms with Gasteiger partial charge in [0.15, 0.2) is 0 Å². The Kier molecular flexibility index (Phi) is 4.44. The number of carboxylic acids is 1. The molecule has 20 heavy (non-hydrogen) atoms. The number of carboxylic acid groups (broad SMARTS) is 1. The molecule has 0 saturated heterocycles. The van der Waals surface area contributed by atoms with Crippen LogP contribution in [0.5, 0.6) is 0 Å². The van der Waals surface area contributed by atoms with Gasteiger partial charge >= 0.3 is 5.97 Å². The summed E-state index contributed by atoms with van der Waals surface area (Å²) in [5, 5.41) is 11.6. The van der Waals surface area contributed by atoms with Crippen molar-refractivity contribution in [1.29, 1.82) is 0 Å². The highest BCUT2D eigenvalue weighted by Gasteiger charge is 2.48. The van der Waals surface area contributed by atoms with E-state index in [1.165, 1.54) is 0 Å². The first kappa shape index (κ1) is 14.6. The highest BCUT2D eigenvalue weighted by atomic mass is 16.5. The van der Waals surface area contributed by atoms with Crippen molar-refractivity contribution in [3.8, 4) is 0 Å². The fraction of sp³-hybridized carbons (Fsp3) is 0.571. The highest BCUT2D eigenvalue weighted by Crippen LogP contribution is 2.39. The van der Waals surface area contributed by atoms with Crippen molar-refractivity contribution in [2.75, 3.05) is 13.7 Å². The van der Waals surface area contributed by atoms with Crippen LogP contribution >= 0.6 is 0 Å². The van der Waals surface area contributed by atoms with Crippen molar-refractivity contribution in [3.63, 3.8) is 0 Å². The van der Waals surface area contributed by atoms with E-state index >= 15 is 0 Å². The molecule has 1 saturated carbocycles. The molecular formula is C14H19NO5. The first-order valence-corrected chi connectivity index (χ1v) is 6.67. The van der Waals surface area contributed by atoms with Gasteiger partial charge in [-0.1, -0.05) is 6.92 Å². The van der Waals surface area contributed by atoms with Gasteiger partial charge < -0.3 is 19.6 Å². The van der Waals surface area contributed by atoms with Crippen molar-refractivity contribution in [1.82, 2.24) is 5.32 Å². The number of hydrogen-bond donors (Lipinski definition) is 2. The SMILES string of the molecule is CCc1ccc([C@H](COC)NC(=O)[C@H]2C[C@@H]2C(=O)O)o1. The van der Waals surface area contributed by atoms with E-state index in [0.717, 1.165) is 12.2 Å². The minimum absolute atomic E-state index is 0.256. The molecule has 0 unspecified atom stereocenters. The molecule has 1 fully saturated rings. The molecule has 3 atom stereocenters. The molecule has 1 aromatic rings. The van der Waals surface area contributed by atoms with Crippen molar-refractivity contribution >= 4 is 11.9 Å². The van der Waals surface area contributed by atoms with Gasteiger partial charge in [0.1, 0.15) is 17.6 Å². The van der Waals surface area contributed by atoms with Gasteiger partial charge in [-0.2, -0.15) is 0 Å². The van der Waals surface area contributed by atoms with Crippen molar-refractivity contribution in [2.24, 2.45) is 11.8 Å². The number of methoxy groups -OCH3 is 1. The monoisotopic (exact) mass is 281 g/mol. The van der Waals surface area contributed by atoms with Gasteiger partial charge in [0, 0.05) is 13.5 Å². The minimum Gasteiger partial charge on any atom is -0.481 e. The maximum Gasteiger partial charge on any atom is 0.307 e. The molecule has 1 amide bonds. The molecule has 0 radical (unpaired) electrons. The standard InChI is InChI=1S/C14H19NO5/c1-3-8-4-5-12(20-8)11(7-19-2)15-13(16)9-6-10(9)14(17)18/h4-5,9-11H,3,6-7H2,1-2H3,(H,15,16)(H,17,18)/t9-,10-,11-/m0/s1. The molecule has 6 heteroatoms. The summed E-state index contributed by atoms with van der Waals surface area (Å²) in [7, 11) is 1.54. The summed E-state index contributed by atoms with van der Waals surface area (Å²) in [6.07, 6.45) is 1.18. The summed E-state index contributed by atoms with van der Waals surface area (Å²) >= 11 is 0. The van der Waals surface area contributed by atoms with Crippen LogP contribution in [0.4, 0.5) is 0 Å². The Morgan fingerprint density at radius 2 is 2.25 bits per heavy atom. The Hall–Kier alpha value is -1.82. The summed E-state index contributed by atoms with van der Waals surface area (Å²) in [4.78, 5) is 22.8. The van der Waals surface area contributed by atoms with E-state index in [2.05, 4.69) is 5.32 Å². The van der Waals surface area contributed by atoms with Crippen molar-refractivity contribution in [3.05, 3.63) is 23.7 Å². The topological polar surface area (TPSA) is 88.8 Å². The second-order valence-corrected chi connectivity index (χ2v) is 4.96. The van der Waals surface area contributed by atoms with Crippen LogP contribution in [0.3, 0.4) is 0 Å². The second-order valence-electron chi connectivity index (χ2n) is 4.96. The van der Waals surface area contributed by atoms with Gasteiger partial charge in [0.05, 0.1) is 18.4 Å². The van der Waals surface area contributed by atoms with Crippen LogP contribution in [0.25, 0.3) is 0 Å². The fourth-order valence-electron chi connectivity index (χ4n) is 2.17. The molecule has 0 spiro atoms. The lowest BCUT2D eigenvalue weighted by Gasteiger charge is -2.15. The van der Waals surface area contributed by atoms with Crippen molar-refractivity contribution in [2.45, 2.75) is 25.8 Å². The summed E-state index contributed by atoms with van der Waals surface area (Å²) < 4.78 is 10.7. The second kappa shape index (κ2) is 6.09. The first-order valence-electron chi connectivity index (χ1n) is 6.67. The quantitative estimate of drug-likeness (QED) is 0.788. The van der Waals surface area contributed by atoms with E-state index in [9.17, 15) is 9.59 Å². The molecule has 110 valence electrons. The van der Waals surface area contributed by atoms with Gasteiger partial charge in [-0.3, -0.25) is 9.59 Å². The number of carbonyl (C=O) groups excluding carboxylic acids is 1. The van der Waals surface area contributed by atoms with Crippen LogP contribution in [-0.4, -0.2) is 30.7 Å². The minimum atomic E-state index is -0.917. The fourth-order valence-corrected chi connectivity index (χ4v) is 2.17. The smallest absolute Gasteiger partial charge is 0.307 e. The molecule has 1 heterocycles. The zero-order chi connectivity index (χ0) is 14.7. The summed E-state index contributed by atoms with van der Waals surface area (Å²) in [6.45, 7) is 2.26. The highest BCUT2D eigenvalue weighted by molar-refractivity contribution is 5.89. The summed E-state index contributed by atoms with van der Waals surface area (Å²) in [6, 6.07) is 3.29. The zero-order valence-electron chi connectivity index (χ0n) is 11.6. The molecule has 2 rings (SSSR count). The third kappa shape index (κ3) is 3.19. The Morgan fingerprint density at radius 3 is 2.75 bits per heavy atom. The molecule has 1 aliphatic rings. The van der Waals surface area contributed by atoms with Gasteiger partial charge in [-0.05, 0) is 18.6 Å². The third-order valence-electron chi connectivity index (χ3n) is 3.47. The lowest BCUT2D eigenvalue weighted by atomic mass is 10.2. The van der Waals surface area contributed by atoms with E-state index in [0.29, 0.717) is 12.2 Å². The van der Waals surface area contributed by atoms with Gasteiger partial charge in [0.25, 0.3) is 0 Å². The maximum absolute atomic E-state index is 12.0. The summed E-state index contributed by atoms with van der Waals surface area (Å²) in [5.74, 6) is -0.697. The van der Waals surface area contributed by atoms with Crippen molar-refractivity contribution < 1.29 is 23.8 Å². The Morgan fingerprint density at radius 1 is 1.50 bits per heavy atom. The zero-order valence-corrected chi connectivity index (χ0v) is 11.6. The molecule has 0 aliphatic heterocycles.